The highest BCUT2D eigenvalue weighted by Gasteiger charge is 2.26. The third-order valence-electron chi connectivity index (χ3n) is 3.34. The predicted molar refractivity (Wildman–Crippen MR) is 74.0 cm³/mol. The molecule has 0 fully saturated rings. The van der Waals surface area contributed by atoms with Crippen LogP contribution in [0.15, 0.2) is 30.3 Å². The normalized spacial score (nSPS) is 11.8. The molecule has 1 rings (SSSR count). The molecule has 0 aliphatic heterocycles. The summed E-state index contributed by atoms with van der Waals surface area (Å²) in [5.74, 6) is -0.570. The summed E-state index contributed by atoms with van der Waals surface area (Å²) in [7, 11) is 0. The van der Waals surface area contributed by atoms with Crippen molar-refractivity contribution in [3.8, 4) is 0 Å². The molecule has 0 saturated carbocycles. The minimum Gasteiger partial charge on any atom is -0.394 e. The summed E-state index contributed by atoms with van der Waals surface area (Å²) in [6.45, 7) is 3.75. The number of aliphatic hydroxyl groups excluding tert-OH is 1. The molecule has 3 nitrogen and oxygen atoms in total. The van der Waals surface area contributed by atoms with Gasteiger partial charge in [-0.3, -0.25) is 4.79 Å². The van der Waals surface area contributed by atoms with Crippen LogP contribution >= 0.6 is 0 Å². The number of carbonyl (C=O) groups excluding carboxylic acids is 1. The van der Waals surface area contributed by atoms with Crippen LogP contribution < -0.4 is 5.32 Å². The average Bonchev–Trinajstić information content (AvgIpc) is 2.44. The number of halogens is 1. The van der Waals surface area contributed by atoms with Gasteiger partial charge in [-0.05, 0) is 36.6 Å². The minimum absolute atomic E-state index is 0.0872. The summed E-state index contributed by atoms with van der Waals surface area (Å²) in [5.41, 5.74) is 0.184. The van der Waals surface area contributed by atoms with E-state index in [1.165, 1.54) is 18.2 Å². The van der Waals surface area contributed by atoms with E-state index >= 15 is 0 Å². The van der Waals surface area contributed by atoms with Crippen molar-refractivity contribution in [2.24, 2.45) is 0 Å². The van der Waals surface area contributed by atoms with Gasteiger partial charge in [-0.2, -0.15) is 0 Å². The number of carbonyl (C=O) groups is 1. The lowest BCUT2D eigenvalue weighted by molar-refractivity contribution is -0.119. The molecule has 0 aliphatic carbocycles. The SMILES string of the molecule is CCC(CC)(CO)NC(=O)C=Cc1ccc(F)cc1. The van der Waals surface area contributed by atoms with Crippen molar-refractivity contribution in [2.75, 3.05) is 6.61 Å². The number of hydrogen-bond donors (Lipinski definition) is 2. The molecular formula is C15H20FNO2. The maximum absolute atomic E-state index is 12.7. The number of aliphatic hydroxyl groups is 1. The zero-order chi connectivity index (χ0) is 14.3. The van der Waals surface area contributed by atoms with Crippen LogP contribution in [0.1, 0.15) is 32.3 Å². The van der Waals surface area contributed by atoms with Crippen LogP contribution in [0.25, 0.3) is 6.08 Å². The Kier molecular flexibility index (Phi) is 5.70. The van der Waals surface area contributed by atoms with Gasteiger partial charge >= 0.3 is 0 Å². The molecule has 19 heavy (non-hydrogen) atoms. The second-order valence-corrected chi connectivity index (χ2v) is 4.52. The van der Waals surface area contributed by atoms with Crippen molar-refractivity contribution < 1.29 is 14.3 Å². The second-order valence-electron chi connectivity index (χ2n) is 4.52. The fourth-order valence-corrected chi connectivity index (χ4v) is 1.74. The first-order valence-electron chi connectivity index (χ1n) is 6.42. The van der Waals surface area contributed by atoms with Crippen LogP contribution in [0.3, 0.4) is 0 Å². The topological polar surface area (TPSA) is 49.3 Å². The molecule has 0 bridgehead atoms. The van der Waals surface area contributed by atoms with Crippen LogP contribution in [-0.4, -0.2) is 23.2 Å². The fraction of sp³-hybridized carbons (Fsp3) is 0.400. The number of amides is 1. The summed E-state index contributed by atoms with van der Waals surface area (Å²) in [4.78, 5) is 11.8. The van der Waals surface area contributed by atoms with Crippen molar-refractivity contribution >= 4 is 12.0 Å². The molecular weight excluding hydrogens is 245 g/mol. The van der Waals surface area contributed by atoms with Crippen LogP contribution in [0.5, 0.6) is 0 Å². The highest BCUT2D eigenvalue weighted by Crippen LogP contribution is 2.14. The van der Waals surface area contributed by atoms with E-state index in [2.05, 4.69) is 5.32 Å². The van der Waals surface area contributed by atoms with Crippen molar-refractivity contribution in [2.45, 2.75) is 32.2 Å². The molecule has 1 amide bonds. The number of benzene rings is 1. The summed E-state index contributed by atoms with van der Waals surface area (Å²) in [5, 5.41) is 12.2. The van der Waals surface area contributed by atoms with E-state index in [1.807, 2.05) is 13.8 Å². The third kappa shape index (κ3) is 4.48. The number of hydrogen-bond acceptors (Lipinski definition) is 2. The summed E-state index contributed by atoms with van der Waals surface area (Å²) in [6, 6.07) is 5.87. The Hall–Kier alpha value is -1.68. The zero-order valence-electron chi connectivity index (χ0n) is 11.3. The van der Waals surface area contributed by atoms with Crippen molar-refractivity contribution in [3.05, 3.63) is 41.7 Å². The lowest BCUT2D eigenvalue weighted by Crippen LogP contribution is -2.49. The van der Waals surface area contributed by atoms with Gasteiger partial charge in [-0.25, -0.2) is 4.39 Å². The maximum atomic E-state index is 12.7. The van der Waals surface area contributed by atoms with Gasteiger partial charge in [0.1, 0.15) is 5.82 Å². The Labute approximate surface area is 113 Å². The van der Waals surface area contributed by atoms with Gasteiger partial charge in [0.25, 0.3) is 0 Å². The molecule has 2 N–H and O–H groups in total. The predicted octanol–water partition coefficient (Wildman–Crippen LogP) is 2.51. The van der Waals surface area contributed by atoms with Crippen LogP contribution in [0.4, 0.5) is 4.39 Å². The Morgan fingerprint density at radius 1 is 1.32 bits per heavy atom. The van der Waals surface area contributed by atoms with Crippen LogP contribution in [-0.2, 0) is 4.79 Å². The molecule has 0 spiro atoms. The zero-order valence-corrected chi connectivity index (χ0v) is 11.3. The number of nitrogens with one attached hydrogen (secondary N) is 1. The van der Waals surface area contributed by atoms with Crippen LogP contribution in [0, 0.1) is 5.82 Å². The van der Waals surface area contributed by atoms with Gasteiger partial charge in [0, 0.05) is 6.08 Å². The molecule has 0 unspecified atom stereocenters. The molecule has 0 radical (unpaired) electrons. The van der Waals surface area contributed by atoms with Crippen molar-refractivity contribution in [1.29, 1.82) is 0 Å². The lowest BCUT2D eigenvalue weighted by Gasteiger charge is -2.30. The fourth-order valence-electron chi connectivity index (χ4n) is 1.74. The van der Waals surface area contributed by atoms with Gasteiger partial charge in [-0.1, -0.05) is 26.0 Å². The van der Waals surface area contributed by atoms with Gasteiger partial charge in [0.15, 0.2) is 0 Å². The molecule has 0 aliphatic rings. The molecule has 0 atom stereocenters. The summed E-state index contributed by atoms with van der Waals surface area (Å²) >= 11 is 0. The largest absolute Gasteiger partial charge is 0.394 e. The summed E-state index contributed by atoms with van der Waals surface area (Å²) < 4.78 is 12.7. The van der Waals surface area contributed by atoms with Gasteiger partial charge < -0.3 is 10.4 Å². The molecule has 104 valence electrons. The molecule has 1 aromatic carbocycles. The Morgan fingerprint density at radius 3 is 2.37 bits per heavy atom. The number of rotatable bonds is 6. The molecule has 0 aromatic heterocycles. The second kappa shape index (κ2) is 7.04. The smallest absolute Gasteiger partial charge is 0.244 e. The molecule has 0 saturated heterocycles. The van der Waals surface area contributed by atoms with Gasteiger partial charge in [0.2, 0.25) is 5.91 Å². The quantitative estimate of drug-likeness (QED) is 0.776. The summed E-state index contributed by atoms with van der Waals surface area (Å²) in [6.07, 6.45) is 4.33. The monoisotopic (exact) mass is 265 g/mol. The Balaban J connectivity index is 2.66. The Morgan fingerprint density at radius 2 is 1.89 bits per heavy atom. The van der Waals surface area contributed by atoms with Gasteiger partial charge in [-0.15, -0.1) is 0 Å². The molecule has 0 heterocycles. The molecule has 1 aromatic rings. The highest BCUT2D eigenvalue weighted by atomic mass is 19.1. The van der Waals surface area contributed by atoms with Crippen molar-refractivity contribution in [3.63, 3.8) is 0 Å². The van der Waals surface area contributed by atoms with E-state index in [9.17, 15) is 14.3 Å². The average molecular weight is 265 g/mol. The highest BCUT2D eigenvalue weighted by molar-refractivity contribution is 5.92. The van der Waals surface area contributed by atoms with E-state index in [-0.39, 0.29) is 18.3 Å². The molecule has 4 heteroatoms. The van der Waals surface area contributed by atoms with E-state index in [4.69, 9.17) is 0 Å². The standard InChI is InChI=1S/C15H20FNO2/c1-3-15(4-2,11-18)17-14(19)10-7-12-5-8-13(16)9-6-12/h5-10,18H,3-4,11H2,1-2H3,(H,17,19). The van der Waals surface area contributed by atoms with E-state index < -0.39 is 5.54 Å². The third-order valence-corrected chi connectivity index (χ3v) is 3.34. The van der Waals surface area contributed by atoms with E-state index in [0.717, 1.165) is 5.56 Å². The lowest BCUT2D eigenvalue weighted by atomic mass is 9.94. The minimum atomic E-state index is -0.565. The Bertz CT molecular complexity index is 428. The van der Waals surface area contributed by atoms with E-state index in [0.29, 0.717) is 12.8 Å². The van der Waals surface area contributed by atoms with Crippen LogP contribution in [0.2, 0.25) is 0 Å². The first-order valence-corrected chi connectivity index (χ1v) is 6.42. The first kappa shape index (κ1) is 15.4. The van der Waals surface area contributed by atoms with Crippen molar-refractivity contribution in [1.82, 2.24) is 5.32 Å². The van der Waals surface area contributed by atoms with Gasteiger partial charge in [0.05, 0.1) is 12.1 Å². The first-order chi connectivity index (χ1) is 9.05. The van der Waals surface area contributed by atoms with E-state index in [1.54, 1.807) is 18.2 Å². The maximum Gasteiger partial charge on any atom is 0.244 e.